The third-order valence-electron chi connectivity index (χ3n) is 6.73. The Labute approximate surface area is 223 Å². The lowest BCUT2D eigenvalue weighted by molar-refractivity contribution is -0.259. The van der Waals surface area contributed by atoms with Crippen LogP contribution in [0, 0.1) is 0 Å². The zero-order valence-corrected chi connectivity index (χ0v) is 21.5. The fraction of sp³-hybridized carbons (Fsp3) is 0.387. The molecule has 0 bridgehead atoms. The standard InChI is InChI=1S/C31H34O7/c1-22(32)36-28-17-26-30(38-28)31(35-20-25-15-9-4-10-16-25)29(34-19-24-13-7-3-8-14-24)27(37-26)21-33-18-23-11-5-2-6-12-23/h2-16,26-31H,17-21H2,1H3/t26-,27-,28?,29-,30+,31+/m1/s1. The van der Waals surface area contributed by atoms with Gasteiger partial charge in [0, 0.05) is 13.3 Å². The van der Waals surface area contributed by atoms with Crippen molar-refractivity contribution in [2.24, 2.45) is 0 Å². The van der Waals surface area contributed by atoms with Gasteiger partial charge in [0.15, 0.2) is 0 Å². The third kappa shape index (κ3) is 7.07. The maximum Gasteiger partial charge on any atom is 0.304 e. The van der Waals surface area contributed by atoms with E-state index >= 15 is 0 Å². The second-order valence-electron chi connectivity index (χ2n) is 9.61. The third-order valence-corrected chi connectivity index (χ3v) is 6.73. The summed E-state index contributed by atoms with van der Waals surface area (Å²) in [5.41, 5.74) is 3.17. The van der Waals surface area contributed by atoms with Crippen LogP contribution in [0.1, 0.15) is 30.0 Å². The second-order valence-corrected chi connectivity index (χ2v) is 9.61. The summed E-state index contributed by atoms with van der Waals surface area (Å²) in [6.07, 6.45) is -2.35. The molecule has 3 aromatic rings. The highest BCUT2D eigenvalue weighted by Gasteiger charge is 2.53. The first-order valence-corrected chi connectivity index (χ1v) is 13.1. The van der Waals surface area contributed by atoms with Crippen molar-refractivity contribution in [3.63, 3.8) is 0 Å². The molecule has 7 nitrogen and oxygen atoms in total. The lowest BCUT2D eigenvalue weighted by atomic mass is 9.94. The number of carbonyl (C=O) groups excluding carboxylic acids is 1. The summed E-state index contributed by atoms with van der Waals surface area (Å²) < 4.78 is 37.2. The first kappa shape index (κ1) is 26.5. The Hall–Kier alpha value is -3.07. The smallest absolute Gasteiger partial charge is 0.304 e. The SMILES string of the molecule is CC(=O)OC1C[C@H]2O[C@H](COCc3ccccc3)[C@@H](OCc3ccccc3)[C@H](OCc3ccccc3)[C@H]2O1. The second kappa shape index (κ2) is 13.1. The summed E-state index contributed by atoms with van der Waals surface area (Å²) in [5.74, 6) is -0.393. The Balaban J connectivity index is 1.35. The average Bonchev–Trinajstić information content (AvgIpc) is 3.34. The van der Waals surface area contributed by atoms with Crippen LogP contribution in [-0.2, 0) is 53.0 Å². The number of ether oxygens (including phenoxy) is 6. The zero-order valence-electron chi connectivity index (χ0n) is 21.5. The van der Waals surface area contributed by atoms with Crippen LogP contribution in [0.25, 0.3) is 0 Å². The molecule has 0 radical (unpaired) electrons. The number of esters is 1. The van der Waals surface area contributed by atoms with Crippen LogP contribution in [0.2, 0.25) is 0 Å². The summed E-state index contributed by atoms with van der Waals surface area (Å²) in [4.78, 5) is 11.6. The maximum atomic E-state index is 11.6. The van der Waals surface area contributed by atoms with Gasteiger partial charge < -0.3 is 28.4 Å². The Morgan fingerprint density at radius 3 is 1.82 bits per heavy atom. The highest BCUT2D eigenvalue weighted by molar-refractivity contribution is 5.66. The van der Waals surface area contributed by atoms with Crippen molar-refractivity contribution in [1.82, 2.24) is 0 Å². The molecule has 6 atom stereocenters. The van der Waals surface area contributed by atoms with Gasteiger partial charge in [-0.15, -0.1) is 0 Å². The molecule has 2 heterocycles. The summed E-state index contributed by atoms with van der Waals surface area (Å²) >= 11 is 0. The molecule has 7 heteroatoms. The molecule has 2 aliphatic rings. The van der Waals surface area contributed by atoms with E-state index in [-0.39, 0.29) is 6.10 Å². The van der Waals surface area contributed by atoms with E-state index in [0.717, 1.165) is 16.7 Å². The molecule has 2 fully saturated rings. The lowest BCUT2D eigenvalue weighted by Crippen LogP contribution is -2.59. The largest absolute Gasteiger partial charge is 0.436 e. The lowest BCUT2D eigenvalue weighted by Gasteiger charge is -2.43. The molecule has 0 saturated carbocycles. The Morgan fingerprint density at radius 1 is 0.737 bits per heavy atom. The van der Waals surface area contributed by atoms with Crippen molar-refractivity contribution >= 4 is 5.97 Å². The molecule has 2 saturated heterocycles. The number of hydrogen-bond acceptors (Lipinski definition) is 7. The molecule has 0 spiro atoms. The van der Waals surface area contributed by atoms with Gasteiger partial charge in [0.25, 0.3) is 0 Å². The van der Waals surface area contributed by atoms with Gasteiger partial charge in [0.1, 0.15) is 24.4 Å². The van der Waals surface area contributed by atoms with E-state index in [4.69, 9.17) is 28.4 Å². The number of carbonyl (C=O) groups is 1. The zero-order chi connectivity index (χ0) is 26.2. The first-order valence-electron chi connectivity index (χ1n) is 13.1. The molecule has 0 amide bonds. The normalized spacial score (nSPS) is 26.6. The predicted octanol–water partition coefficient (Wildman–Crippen LogP) is 4.82. The molecule has 200 valence electrons. The van der Waals surface area contributed by atoms with E-state index in [0.29, 0.717) is 32.8 Å². The number of rotatable bonds is 11. The highest BCUT2D eigenvalue weighted by atomic mass is 16.7. The molecular weight excluding hydrogens is 484 g/mol. The quantitative estimate of drug-likeness (QED) is 0.337. The molecule has 3 aromatic carbocycles. The fourth-order valence-corrected chi connectivity index (χ4v) is 4.95. The first-order chi connectivity index (χ1) is 18.7. The molecule has 0 N–H and O–H groups in total. The van der Waals surface area contributed by atoms with Crippen molar-refractivity contribution < 1.29 is 33.2 Å². The number of benzene rings is 3. The van der Waals surface area contributed by atoms with Crippen molar-refractivity contribution in [2.75, 3.05) is 6.61 Å². The van der Waals surface area contributed by atoms with Gasteiger partial charge >= 0.3 is 5.97 Å². The molecule has 5 rings (SSSR count). The van der Waals surface area contributed by atoms with Crippen molar-refractivity contribution in [2.45, 2.75) is 70.0 Å². The molecule has 0 aliphatic carbocycles. The molecule has 0 aromatic heterocycles. The Kier molecular flexibility index (Phi) is 9.17. The van der Waals surface area contributed by atoms with Gasteiger partial charge in [-0.2, -0.15) is 0 Å². The van der Waals surface area contributed by atoms with Crippen LogP contribution in [0.4, 0.5) is 0 Å². The van der Waals surface area contributed by atoms with Crippen LogP contribution in [0.5, 0.6) is 0 Å². The van der Waals surface area contributed by atoms with Crippen molar-refractivity contribution in [3.8, 4) is 0 Å². The van der Waals surface area contributed by atoms with Gasteiger partial charge in [-0.05, 0) is 16.7 Å². The topological polar surface area (TPSA) is 72.5 Å². The maximum absolute atomic E-state index is 11.6. The van der Waals surface area contributed by atoms with Crippen LogP contribution in [0.3, 0.4) is 0 Å². The Morgan fingerprint density at radius 2 is 1.26 bits per heavy atom. The van der Waals surface area contributed by atoms with E-state index in [1.807, 2.05) is 91.0 Å². The van der Waals surface area contributed by atoms with Crippen LogP contribution >= 0.6 is 0 Å². The van der Waals surface area contributed by atoms with Crippen LogP contribution in [-0.4, -0.2) is 49.4 Å². The molecule has 2 aliphatic heterocycles. The minimum atomic E-state index is -0.691. The number of hydrogen-bond donors (Lipinski definition) is 0. The van der Waals surface area contributed by atoms with Crippen molar-refractivity contribution in [1.29, 1.82) is 0 Å². The summed E-state index contributed by atoms with van der Waals surface area (Å²) in [5, 5.41) is 0. The van der Waals surface area contributed by atoms with E-state index in [2.05, 4.69) is 0 Å². The van der Waals surface area contributed by atoms with E-state index in [1.165, 1.54) is 6.92 Å². The van der Waals surface area contributed by atoms with Gasteiger partial charge in [-0.25, -0.2) is 0 Å². The highest BCUT2D eigenvalue weighted by Crippen LogP contribution is 2.37. The van der Waals surface area contributed by atoms with E-state index in [9.17, 15) is 4.79 Å². The molecular formula is C31H34O7. The Bertz CT molecular complexity index is 1120. The van der Waals surface area contributed by atoms with Gasteiger partial charge in [-0.1, -0.05) is 91.0 Å². The van der Waals surface area contributed by atoms with E-state index in [1.54, 1.807) is 0 Å². The summed E-state index contributed by atoms with van der Waals surface area (Å²) in [6.45, 7) is 2.93. The van der Waals surface area contributed by atoms with E-state index < -0.39 is 36.7 Å². The monoisotopic (exact) mass is 518 g/mol. The van der Waals surface area contributed by atoms with Crippen molar-refractivity contribution in [3.05, 3.63) is 108 Å². The van der Waals surface area contributed by atoms with Gasteiger partial charge in [-0.3, -0.25) is 4.79 Å². The summed E-state index contributed by atoms with van der Waals surface area (Å²) in [6, 6.07) is 30.0. The van der Waals surface area contributed by atoms with Gasteiger partial charge in [0.05, 0.1) is 32.5 Å². The molecule has 1 unspecified atom stereocenters. The minimum Gasteiger partial charge on any atom is -0.436 e. The fourth-order valence-electron chi connectivity index (χ4n) is 4.95. The minimum absolute atomic E-state index is 0.318. The average molecular weight is 519 g/mol. The van der Waals surface area contributed by atoms with Crippen LogP contribution in [0.15, 0.2) is 91.0 Å². The van der Waals surface area contributed by atoms with Crippen LogP contribution < -0.4 is 0 Å². The summed E-state index contributed by atoms with van der Waals surface area (Å²) in [7, 11) is 0. The number of fused-ring (bicyclic) bond motifs is 1. The van der Waals surface area contributed by atoms with Gasteiger partial charge in [0.2, 0.25) is 6.29 Å². The molecule has 38 heavy (non-hydrogen) atoms. The predicted molar refractivity (Wildman–Crippen MR) is 140 cm³/mol.